The number of aliphatic carboxylic acids is 1. The summed E-state index contributed by atoms with van der Waals surface area (Å²) in [4.78, 5) is 24.9. The largest absolute Gasteiger partial charge is 0.496 e. The normalized spacial score (nSPS) is 18.1. The number of amides is 1. The molecule has 0 aliphatic carbocycles. The molecule has 0 aromatic heterocycles. The van der Waals surface area contributed by atoms with Crippen LogP contribution in [0.25, 0.3) is 0 Å². The summed E-state index contributed by atoms with van der Waals surface area (Å²) in [6.07, 6.45) is 0.724. The van der Waals surface area contributed by atoms with Gasteiger partial charge in [-0.15, -0.1) is 0 Å². The molecule has 0 bridgehead atoms. The van der Waals surface area contributed by atoms with Crippen LogP contribution in [0.1, 0.15) is 12.0 Å². The van der Waals surface area contributed by atoms with Crippen molar-refractivity contribution in [3.63, 3.8) is 0 Å². The highest BCUT2D eigenvalue weighted by atomic mass is 79.9. The Bertz CT molecular complexity index is 563. The van der Waals surface area contributed by atoms with E-state index in [9.17, 15) is 9.59 Å². The SMILES string of the molecule is COc1ccc(Br)cc1CCC(=O)N1CCOC[C@@H]1C(=O)O. The Labute approximate surface area is 137 Å². The van der Waals surface area contributed by atoms with Gasteiger partial charge in [-0.1, -0.05) is 15.9 Å². The highest BCUT2D eigenvalue weighted by Crippen LogP contribution is 2.24. The van der Waals surface area contributed by atoms with Crippen molar-refractivity contribution >= 4 is 27.8 Å². The average Bonchev–Trinajstić information content (AvgIpc) is 2.52. The maximum absolute atomic E-state index is 12.3. The Morgan fingerprint density at radius 1 is 1.50 bits per heavy atom. The van der Waals surface area contributed by atoms with E-state index in [0.717, 1.165) is 10.0 Å². The molecular formula is C15H18BrNO5. The molecular weight excluding hydrogens is 354 g/mol. The van der Waals surface area contributed by atoms with Crippen molar-refractivity contribution in [1.82, 2.24) is 4.90 Å². The lowest BCUT2D eigenvalue weighted by Gasteiger charge is -2.33. The van der Waals surface area contributed by atoms with Gasteiger partial charge in [-0.3, -0.25) is 4.79 Å². The van der Waals surface area contributed by atoms with Crippen LogP contribution < -0.4 is 4.74 Å². The van der Waals surface area contributed by atoms with Gasteiger partial charge in [-0.2, -0.15) is 0 Å². The van der Waals surface area contributed by atoms with Crippen LogP contribution in [0.2, 0.25) is 0 Å². The van der Waals surface area contributed by atoms with Crippen molar-refractivity contribution in [3.8, 4) is 5.75 Å². The molecule has 7 heteroatoms. The second-order valence-corrected chi connectivity index (χ2v) is 5.89. The molecule has 2 rings (SSSR count). The van der Waals surface area contributed by atoms with Crippen molar-refractivity contribution in [2.75, 3.05) is 26.9 Å². The summed E-state index contributed by atoms with van der Waals surface area (Å²) in [6, 6.07) is 4.71. The van der Waals surface area contributed by atoms with Gasteiger partial charge in [0.1, 0.15) is 5.75 Å². The maximum Gasteiger partial charge on any atom is 0.328 e. The highest BCUT2D eigenvalue weighted by molar-refractivity contribution is 9.10. The lowest BCUT2D eigenvalue weighted by atomic mass is 10.1. The van der Waals surface area contributed by atoms with E-state index < -0.39 is 12.0 Å². The number of aryl methyl sites for hydroxylation is 1. The lowest BCUT2D eigenvalue weighted by Crippen LogP contribution is -2.52. The predicted octanol–water partition coefficient (Wildman–Crippen LogP) is 1.70. The molecule has 1 aliphatic rings. The van der Waals surface area contributed by atoms with Crippen molar-refractivity contribution in [2.24, 2.45) is 0 Å². The molecule has 0 saturated carbocycles. The molecule has 1 fully saturated rings. The number of nitrogens with zero attached hydrogens (tertiary/aromatic N) is 1. The molecule has 1 heterocycles. The van der Waals surface area contributed by atoms with Crippen LogP contribution >= 0.6 is 15.9 Å². The summed E-state index contributed by atoms with van der Waals surface area (Å²) in [7, 11) is 1.58. The van der Waals surface area contributed by atoms with Crippen LogP contribution in [0.4, 0.5) is 0 Å². The number of hydrogen-bond donors (Lipinski definition) is 1. The molecule has 1 aliphatic heterocycles. The third-order valence-corrected chi connectivity index (χ3v) is 4.08. The number of carboxylic acids is 1. The fraction of sp³-hybridized carbons (Fsp3) is 0.467. The second-order valence-electron chi connectivity index (χ2n) is 4.97. The minimum absolute atomic E-state index is 0.0429. The van der Waals surface area contributed by atoms with Crippen LogP contribution in [-0.4, -0.2) is 54.8 Å². The molecule has 22 heavy (non-hydrogen) atoms. The van der Waals surface area contributed by atoms with E-state index in [-0.39, 0.29) is 18.9 Å². The van der Waals surface area contributed by atoms with Gasteiger partial charge in [0.05, 0.1) is 20.3 Å². The average molecular weight is 372 g/mol. The summed E-state index contributed by atoms with van der Waals surface area (Å²) < 4.78 is 11.3. The predicted molar refractivity (Wildman–Crippen MR) is 83.0 cm³/mol. The minimum atomic E-state index is -1.03. The quantitative estimate of drug-likeness (QED) is 0.852. The van der Waals surface area contributed by atoms with Crippen LogP contribution in [0.3, 0.4) is 0 Å². The molecule has 1 amide bonds. The number of morpholine rings is 1. The van der Waals surface area contributed by atoms with Gasteiger partial charge < -0.3 is 19.5 Å². The number of halogens is 1. The van der Waals surface area contributed by atoms with E-state index in [1.165, 1.54) is 4.90 Å². The fourth-order valence-electron chi connectivity index (χ4n) is 2.43. The number of carbonyl (C=O) groups excluding carboxylic acids is 1. The van der Waals surface area contributed by atoms with E-state index in [2.05, 4.69) is 15.9 Å². The summed E-state index contributed by atoms with van der Waals surface area (Å²) in [5.41, 5.74) is 0.908. The van der Waals surface area contributed by atoms with Crippen LogP contribution in [0, 0.1) is 0 Å². The topological polar surface area (TPSA) is 76.1 Å². The molecule has 0 unspecified atom stereocenters. The monoisotopic (exact) mass is 371 g/mol. The molecule has 0 radical (unpaired) electrons. The molecule has 1 aromatic carbocycles. The summed E-state index contributed by atoms with van der Waals surface area (Å²) in [5, 5.41) is 9.16. The highest BCUT2D eigenvalue weighted by Gasteiger charge is 2.32. The van der Waals surface area contributed by atoms with Crippen molar-refractivity contribution in [3.05, 3.63) is 28.2 Å². The van der Waals surface area contributed by atoms with Gasteiger partial charge in [0.2, 0.25) is 5.91 Å². The zero-order valence-corrected chi connectivity index (χ0v) is 13.8. The Morgan fingerprint density at radius 3 is 2.95 bits per heavy atom. The van der Waals surface area contributed by atoms with Gasteiger partial charge in [0.15, 0.2) is 6.04 Å². The van der Waals surface area contributed by atoms with Gasteiger partial charge in [-0.05, 0) is 30.2 Å². The number of ether oxygens (including phenoxy) is 2. The van der Waals surface area contributed by atoms with Crippen molar-refractivity contribution in [2.45, 2.75) is 18.9 Å². The molecule has 1 saturated heterocycles. The number of methoxy groups -OCH3 is 1. The fourth-order valence-corrected chi connectivity index (χ4v) is 2.84. The molecule has 1 aromatic rings. The first-order valence-electron chi connectivity index (χ1n) is 6.95. The standard InChI is InChI=1S/C15H18BrNO5/c1-21-13-4-3-11(16)8-10(13)2-5-14(18)17-6-7-22-9-12(17)15(19)20/h3-4,8,12H,2,5-7,9H2,1H3,(H,19,20)/t12-/m1/s1. The Kier molecular flexibility index (Phi) is 5.79. The van der Waals surface area contributed by atoms with E-state index in [0.29, 0.717) is 25.3 Å². The second kappa shape index (κ2) is 7.60. The van der Waals surface area contributed by atoms with Gasteiger partial charge in [0.25, 0.3) is 0 Å². The number of carboxylic acid groups (broad SMARTS) is 1. The van der Waals surface area contributed by atoms with Crippen molar-refractivity contribution < 1.29 is 24.2 Å². The van der Waals surface area contributed by atoms with Gasteiger partial charge in [-0.25, -0.2) is 4.79 Å². The number of hydrogen-bond acceptors (Lipinski definition) is 4. The van der Waals surface area contributed by atoms with Gasteiger partial charge >= 0.3 is 5.97 Å². The first kappa shape index (κ1) is 16.8. The van der Waals surface area contributed by atoms with E-state index >= 15 is 0 Å². The minimum Gasteiger partial charge on any atom is -0.496 e. The van der Waals surface area contributed by atoms with E-state index in [4.69, 9.17) is 14.6 Å². The zero-order valence-electron chi connectivity index (χ0n) is 12.3. The molecule has 120 valence electrons. The third-order valence-electron chi connectivity index (χ3n) is 3.58. The van der Waals surface area contributed by atoms with Crippen LogP contribution in [-0.2, 0) is 20.7 Å². The van der Waals surface area contributed by atoms with E-state index in [1.807, 2.05) is 18.2 Å². The number of rotatable bonds is 5. The van der Waals surface area contributed by atoms with Crippen molar-refractivity contribution in [1.29, 1.82) is 0 Å². The lowest BCUT2D eigenvalue weighted by molar-refractivity contribution is -0.158. The third kappa shape index (κ3) is 3.98. The smallest absolute Gasteiger partial charge is 0.328 e. The van der Waals surface area contributed by atoms with Crippen LogP contribution in [0.15, 0.2) is 22.7 Å². The molecule has 6 nitrogen and oxygen atoms in total. The Hall–Kier alpha value is -1.60. The first-order valence-corrected chi connectivity index (χ1v) is 7.74. The molecule has 1 N–H and O–H groups in total. The summed E-state index contributed by atoms with van der Waals surface area (Å²) in [5.74, 6) is -0.501. The summed E-state index contributed by atoms with van der Waals surface area (Å²) in [6.45, 7) is 0.725. The van der Waals surface area contributed by atoms with E-state index in [1.54, 1.807) is 7.11 Å². The molecule has 1 atom stereocenters. The maximum atomic E-state index is 12.3. The van der Waals surface area contributed by atoms with Gasteiger partial charge in [0, 0.05) is 17.4 Å². The van der Waals surface area contributed by atoms with Crippen LogP contribution in [0.5, 0.6) is 5.75 Å². The summed E-state index contributed by atoms with van der Waals surface area (Å²) >= 11 is 3.39. The zero-order chi connectivity index (χ0) is 16.1. The Balaban J connectivity index is 2.03. The first-order chi connectivity index (χ1) is 10.5. The Morgan fingerprint density at radius 2 is 2.27 bits per heavy atom. The number of carbonyl (C=O) groups is 2. The molecule has 0 spiro atoms. The number of benzene rings is 1.